The predicted molar refractivity (Wildman–Crippen MR) is 106 cm³/mol. The van der Waals surface area contributed by atoms with Crippen LogP contribution < -0.4 is 21.5 Å². The largest absolute Gasteiger partial charge is 0.453 e. The molecule has 148 valence electrons. The molecule has 11 heteroatoms. The third-order valence-electron chi connectivity index (χ3n) is 3.91. The molecule has 0 amide bonds. The standard InChI is InChI=1S/C18H13Cl2N5O4/c1-8(2)11-5-10(7-22-16(11)26)29-15-12(19)3-9(4-13(15)20)25-18(28)23-17(27)14(6-21)24-25/h3-5,7-8H,1-2H3,(H,22,26)(H,23,27,28). The molecule has 0 unspecified atom stereocenters. The predicted octanol–water partition coefficient (Wildman–Crippen LogP) is 2.70. The maximum absolute atomic E-state index is 12.0. The molecule has 0 radical (unpaired) electrons. The lowest BCUT2D eigenvalue weighted by Gasteiger charge is -2.13. The Morgan fingerprint density at radius 1 is 1.14 bits per heavy atom. The monoisotopic (exact) mass is 433 g/mol. The van der Waals surface area contributed by atoms with Crippen molar-refractivity contribution in [2.24, 2.45) is 0 Å². The molecule has 0 bridgehead atoms. The number of hydrogen-bond donors (Lipinski definition) is 2. The molecule has 0 saturated heterocycles. The van der Waals surface area contributed by atoms with Crippen LogP contribution in [0.1, 0.15) is 31.0 Å². The smallest absolute Gasteiger partial charge is 0.349 e. The van der Waals surface area contributed by atoms with Crippen molar-refractivity contribution in [3.8, 4) is 23.3 Å². The number of H-pyrrole nitrogens is 2. The van der Waals surface area contributed by atoms with Gasteiger partial charge < -0.3 is 9.72 Å². The van der Waals surface area contributed by atoms with Gasteiger partial charge in [-0.2, -0.15) is 9.94 Å². The lowest BCUT2D eigenvalue weighted by atomic mass is 10.1. The molecule has 0 fully saturated rings. The van der Waals surface area contributed by atoms with Gasteiger partial charge in [-0.1, -0.05) is 37.0 Å². The zero-order valence-electron chi connectivity index (χ0n) is 15.1. The molecule has 0 spiro atoms. The summed E-state index contributed by atoms with van der Waals surface area (Å²) in [6.45, 7) is 3.74. The summed E-state index contributed by atoms with van der Waals surface area (Å²) in [7, 11) is 0. The normalized spacial score (nSPS) is 10.8. The van der Waals surface area contributed by atoms with Gasteiger partial charge in [0.2, 0.25) is 5.69 Å². The molecular formula is C18H13Cl2N5O4. The van der Waals surface area contributed by atoms with Gasteiger partial charge in [0.25, 0.3) is 11.1 Å². The number of nitrogens with zero attached hydrogens (tertiary/aromatic N) is 3. The van der Waals surface area contributed by atoms with Gasteiger partial charge >= 0.3 is 5.69 Å². The number of aromatic nitrogens is 4. The van der Waals surface area contributed by atoms with E-state index in [1.54, 1.807) is 12.1 Å². The molecule has 9 nitrogen and oxygen atoms in total. The molecule has 2 aromatic heterocycles. The molecule has 1 aromatic carbocycles. The Labute approximate surface area is 173 Å². The van der Waals surface area contributed by atoms with Crippen LogP contribution in [0.25, 0.3) is 5.69 Å². The summed E-state index contributed by atoms with van der Waals surface area (Å²) >= 11 is 12.5. The molecule has 2 N–H and O–H groups in total. The Balaban J connectivity index is 2.05. The topological polar surface area (TPSA) is 134 Å². The van der Waals surface area contributed by atoms with Crippen molar-refractivity contribution in [1.29, 1.82) is 5.26 Å². The molecule has 3 rings (SSSR count). The number of benzene rings is 1. The Morgan fingerprint density at radius 2 is 1.79 bits per heavy atom. The van der Waals surface area contributed by atoms with Gasteiger partial charge in [0.15, 0.2) is 5.75 Å². The van der Waals surface area contributed by atoms with Crippen LogP contribution in [-0.4, -0.2) is 19.7 Å². The Kier molecular flexibility index (Phi) is 5.59. The van der Waals surface area contributed by atoms with Gasteiger partial charge in [-0.3, -0.25) is 14.6 Å². The zero-order chi connectivity index (χ0) is 21.3. The second-order valence-electron chi connectivity index (χ2n) is 6.25. The molecular weight excluding hydrogens is 421 g/mol. The second kappa shape index (κ2) is 7.95. The van der Waals surface area contributed by atoms with E-state index in [1.807, 2.05) is 18.8 Å². The summed E-state index contributed by atoms with van der Waals surface area (Å²) in [6.07, 6.45) is 1.38. The average Bonchev–Trinajstić information content (AvgIpc) is 2.65. The quantitative estimate of drug-likeness (QED) is 0.649. The number of ether oxygens (including phenoxy) is 1. The third-order valence-corrected chi connectivity index (χ3v) is 4.47. The Hall–Kier alpha value is -3.35. The Bertz CT molecular complexity index is 1290. The number of hydrogen-bond acceptors (Lipinski definition) is 6. The van der Waals surface area contributed by atoms with E-state index < -0.39 is 16.9 Å². The summed E-state index contributed by atoms with van der Waals surface area (Å²) in [5, 5.41) is 12.7. The van der Waals surface area contributed by atoms with E-state index in [-0.39, 0.29) is 33.0 Å². The summed E-state index contributed by atoms with van der Waals surface area (Å²) in [4.78, 5) is 39.9. The maximum Gasteiger partial charge on any atom is 0.349 e. The summed E-state index contributed by atoms with van der Waals surface area (Å²) < 4.78 is 6.51. The van der Waals surface area contributed by atoms with Gasteiger partial charge in [0.05, 0.1) is 15.7 Å². The van der Waals surface area contributed by atoms with E-state index in [1.165, 1.54) is 18.3 Å². The molecule has 2 heterocycles. The van der Waals surface area contributed by atoms with Gasteiger partial charge in [0, 0.05) is 11.8 Å². The highest BCUT2D eigenvalue weighted by Crippen LogP contribution is 2.38. The summed E-state index contributed by atoms with van der Waals surface area (Å²) in [5.74, 6) is 0.385. The fourth-order valence-corrected chi connectivity index (χ4v) is 3.05. The average molecular weight is 434 g/mol. The number of aromatic amines is 2. The van der Waals surface area contributed by atoms with Crippen molar-refractivity contribution in [3.05, 3.63) is 76.9 Å². The molecule has 3 aromatic rings. The molecule has 29 heavy (non-hydrogen) atoms. The fourth-order valence-electron chi connectivity index (χ4n) is 2.50. The van der Waals surface area contributed by atoms with Crippen molar-refractivity contribution < 1.29 is 4.74 Å². The fraction of sp³-hybridized carbons (Fsp3) is 0.167. The van der Waals surface area contributed by atoms with E-state index >= 15 is 0 Å². The van der Waals surface area contributed by atoms with E-state index in [9.17, 15) is 14.4 Å². The SMILES string of the molecule is CC(C)c1cc(Oc2c(Cl)cc(-n3nc(C#N)c(=O)[nH]c3=O)cc2Cl)c[nH]c1=O. The van der Waals surface area contributed by atoms with Crippen molar-refractivity contribution in [2.75, 3.05) is 0 Å². The lowest BCUT2D eigenvalue weighted by molar-refractivity contribution is 0.478. The number of nitrogens with one attached hydrogen (secondary N) is 2. The molecule has 0 saturated carbocycles. The van der Waals surface area contributed by atoms with Gasteiger partial charge in [-0.15, -0.1) is 5.10 Å². The van der Waals surface area contributed by atoms with Gasteiger partial charge in [-0.25, -0.2) is 4.79 Å². The van der Waals surface area contributed by atoms with Crippen molar-refractivity contribution >= 4 is 23.2 Å². The van der Waals surface area contributed by atoms with Crippen LogP contribution in [0.2, 0.25) is 10.0 Å². The molecule has 0 aliphatic heterocycles. The van der Waals surface area contributed by atoms with Crippen LogP contribution in [0.15, 0.2) is 38.8 Å². The second-order valence-corrected chi connectivity index (χ2v) is 7.06. The number of pyridine rings is 1. The first kappa shape index (κ1) is 20.4. The Morgan fingerprint density at radius 3 is 2.38 bits per heavy atom. The van der Waals surface area contributed by atoms with Crippen LogP contribution in [0.5, 0.6) is 11.5 Å². The van der Waals surface area contributed by atoms with Crippen molar-refractivity contribution in [2.45, 2.75) is 19.8 Å². The van der Waals surface area contributed by atoms with Crippen LogP contribution in [0.3, 0.4) is 0 Å². The van der Waals surface area contributed by atoms with Crippen LogP contribution in [-0.2, 0) is 0 Å². The minimum absolute atomic E-state index is 0.0249. The molecule has 0 aliphatic carbocycles. The van der Waals surface area contributed by atoms with Crippen molar-refractivity contribution in [1.82, 2.24) is 19.7 Å². The first-order chi connectivity index (χ1) is 13.7. The first-order valence-corrected chi connectivity index (χ1v) is 9.00. The maximum atomic E-state index is 12.0. The van der Waals surface area contributed by atoms with E-state index in [2.05, 4.69) is 10.1 Å². The summed E-state index contributed by atoms with van der Waals surface area (Å²) in [6, 6.07) is 5.85. The van der Waals surface area contributed by atoms with E-state index in [0.717, 1.165) is 4.68 Å². The minimum Gasteiger partial charge on any atom is -0.453 e. The number of halogens is 2. The van der Waals surface area contributed by atoms with Crippen molar-refractivity contribution in [3.63, 3.8) is 0 Å². The van der Waals surface area contributed by atoms with Crippen LogP contribution in [0, 0.1) is 11.3 Å². The highest BCUT2D eigenvalue weighted by molar-refractivity contribution is 6.37. The highest BCUT2D eigenvalue weighted by atomic mass is 35.5. The first-order valence-electron chi connectivity index (χ1n) is 8.25. The van der Waals surface area contributed by atoms with Crippen LogP contribution in [0.4, 0.5) is 0 Å². The number of rotatable bonds is 4. The number of nitriles is 1. The van der Waals surface area contributed by atoms with Gasteiger partial charge in [0.1, 0.15) is 11.8 Å². The minimum atomic E-state index is -0.898. The summed E-state index contributed by atoms with van der Waals surface area (Å²) in [5.41, 5.74) is -1.83. The van der Waals surface area contributed by atoms with Crippen LogP contribution >= 0.6 is 23.2 Å². The van der Waals surface area contributed by atoms with E-state index in [4.69, 9.17) is 33.2 Å². The van der Waals surface area contributed by atoms with Gasteiger partial charge in [-0.05, 0) is 24.1 Å². The van der Waals surface area contributed by atoms with E-state index in [0.29, 0.717) is 11.3 Å². The third kappa shape index (κ3) is 4.08. The highest BCUT2D eigenvalue weighted by Gasteiger charge is 2.16. The lowest BCUT2D eigenvalue weighted by Crippen LogP contribution is -2.33. The zero-order valence-corrected chi connectivity index (χ0v) is 16.6. The molecule has 0 aliphatic rings. The molecule has 0 atom stereocenters.